The van der Waals surface area contributed by atoms with Crippen LogP contribution in [0.5, 0.6) is 0 Å². The molecule has 0 amide bonds. The zero-order valence-corrected chi connectivity index (χ0v) is 16.0. The Morgan fingerprint density at radius 1 is 1.17 bits per heavy atom. The molecule has 5 heterocycles. The topological polar surface area (TPSA) is 92.7 Å². The number of aryl methyl sites for hydroxylation is 1. The molecule has 4 aromatic heterocycles. The fraction of sp³-hybridized carbons (Fsp3) is 0.350. The third-order valence-corrected chi connectivity index (χ3v) is 5.83. The molecular weight excluding hydrogens is 368 g/mol. The summed E-state index contributed by atoms with van der Waals surface area (Å²) in [6.07, 6.45) is 7.83. The van der Waals surface area contributed by atoms with E-state index in [9.17, 15) is 4.79 Å². The number of piperazine rings is 1. The lowest BCUT2D eigenvalue weighted by Crippen LogP contribution is -2.52. The number of anilines is 1. The minimum absolute atomic E-state index is 0.113. The second kappa shape index (κ2) is 5.84. The van der Waals surface area contributed by atoms with Crippen molar-refractivity contribution in [1.82, 2.24) is 34.3 Å². The molecule has 146 valence electrons. The molecule has 1 N–H and O–H groups in total. The van der Waals surface area contributed by atoms with Gasteiger partial charge in [0.1, 0.15) is 11.5 Å². The van der Waals surface area contributed by atoms with Crippen LogP contribution in [0, 0.1) is 6.92 Å². The molecule has 1 aliphatic heterocycles. The van der Waals surface area contributed by atoms with E-state index in [1.807, 2.05) is 19.2 Å². The zero-order chi connectivity index (χ0) is 19.6. The highest BCUT2D eigenvalue weighted by Crippen LogP contribution is 2.38. The van der Waals surface area contributed by atoms with Gasteiger partial charge in [-0.05, 0) is 31.9 Å². The summed E-state index contributed by atoms with van der Waals surface area (Å²) in [5.41, 5.74) is 3.14. The molecule has 0 bridgehead atoms. The number of rotatable bonds is 2. The first-order chi connectivity index (χ1) is 14.1. The normalized spacial score (nSPS) is 18.0. The number of aromatic nitrogens is 6. The summed E-state index contributed by atoms with van der Waals surface area (Å²) >= 11 is 0. The third kappa shape index (κ3) is 2.77. The van der Waals surface area contributed by atoms with Crippen LogP contribution in [0.3, 0.4) is 0 Å². The maximum Gasteiger partial charge on any atom is 0.258 e. The van der Waals surface area contributed by atoms with Gasteiger partial charge in [-0.2, -0.15) is 10.1 Å². The van der Waals surface area contributed by atoms with Gasteiger partial charge in [-0.25, -0.2) is 14.5 Å². The molecular formula is C20H20N8O. The number of pyridine rings is 1. The Bertz CT molecular complexity index is 1320. The average molecular weight is 388 g/mol. The summed E-state index contributed by atoms with van der Waals surface area (Å²) in [5, 5.41) is 7.90. The van der Waals surface area contributed by atoms with Crippen LogP contribution in [-0.4, -0.2) is 54.1 Å². The Balaban J connectivity index is 1.40. The van der Waals surface area contributed by atoms with Crippen molar-refractivity contribution in [2.75, 3.05) is 24.5 Å². The molecule has 0 unspecified atom stereocenters. The lowest BCUT2D eigenvalue weighted by molar-refractivity contribution is 0.442. The SMILES string of the molecule is Cc1nc2ncc(-c3cc(=O)n4cc(N5CCNC6(CC6)C5)ccc4n3)cn2n1. The molecule has 2 fully saturated rings. The van der Waals surface area contributed by atoms with Gasteiger partial charge in [0.15, 0.2) is 0 Å². The lowest BCUT2D eigenvalue weighted by atomic mass is 10.1. The van der Waals surface area contributed by atoms with Gasteiger partial charge in [0.05, 0.1) is 11.4 Å². The first-order valence-corrected chi connectivity index (χ1v) is 9.82. The van der Waals surface area contributed by atoms with Crippen molar-refractivity contribution >= 4 is 17.1 Å². The number of hydrogen-bond acceptors (Lipinski definition) is 7. The molecule has 9 nitrogen and oxygen atoms in total. The van der Waals surface area contributed by atoms with Gasteiger partial charge in [-0.1, -0.05) is 0 Å². The molecule has 6 rings (SSSR count). The van der Waals surface area contributed by atoms with Gasteiger partial charge >= 0.3 is 0 Å². The summed E-state index contributed by atoms with van der Waals surface area (Å²) in [7, 11) is 0. The van der Waals surface area contributed by atoms with Crippen LogP contribution in [0.15, 0.2) is 41.6 Å². The van der Waals surface area contributed by atoms with Crippen molar-refractivity contribution < 1.29 is 0 Å². The van der Waals surface area contributed by atoms with E-state index >= 15 is 0 Å². The summed E-state index contributed by atoms with van der Waals surface area (Å²) in [6.45, 7) is 4.72. The number of hydrogen-bond donors (Lipinski definition) is 1. The van der Waals surface area contributed by atoms with Crippen LogP contribution in [0.25, 0.3) is 22.7 Å². The Kier molecular flexibility index (Phi) is 3.34. The molecule has 1 aliphatic carbocycles. The Morgan fingerprint density at radius 3 is 2.93 bits per heavy atom. The van der Waals surface area contributed by atoms with Crippen molar-refractivity contribution in [3.8, 4) is 11.3 Å². The van der Waals surface area contributed by atoms with Crippen molar-refractivity contribution in [3.05, 3.63) is 53.0 Å². The molecule has 0 radical (unpaired) electrons. The molecule has 4 aromatic rings. The van der Waals surface area contributed by atoms with E-state index in [0.717, 1.165) is 30.9 Å². The minimum atomic E-state index is -0.113. The van der Waals surface area contributed by atoms with Crippen LogP contribution < -0.4 is 15.8 Å². The van der Waals surface area contributed by atoms with Crippen molar-refractivity contribution in [2.24, 2.45) is 0 Å². The molecule has 1 spiro atoms. The standard InChI is InChI=1S/C20H20N8O/c1-13-23-19-21-9-14(10-28(19)25-13)16-8-18(29)27-11-15(2-3-17(27)24-16)26-7-6-22-20(12-26)4-5-20/h2-3,8-11,22H,4-7,12H2,1H3. The number of nitrogens with one attached hydrogen (secondary N) is 1. The van der Waals surface area contributed by atoms with Crippen molar-refractivity contribution in [2.45, 2.75) is 25.3 Å². The molecule has 2 aliphatic rings. The van der Waals surface area contributed by atoms with Crippen LogP contribution in [0.4, 0.5) is 5.69 Å². The van der Waals surface area contributed by atoms with Crippen LogP contribution in [-0.2, 0) is 0 Å². The van der Waals surface area contributed by atoms with E-state index in [2.05, 4.69) is 36.3 Å². The third-order valence-electron chi connectivity index (χ3n) is 5.83. The van der Waals surface area contributed by atoms with E-state index in [1.165, 1.54) is 12.8 Å². The summed E-state index contributed by atoms with van der Waals surface area (Å²) in [6, 6.07) is 5.51. The van der Waals surface area contributed by atoms with Gasteiger partial charge in [-0.3, -0.25) is 9.20 Å². The summed E-state index contributed by atoms with van der Waals surface area (Å²) in [4.78, 5) is 28.4. The number of fused-ring (bicyclic) bond motifs is 2. The van der Waals surface area contributed by atoms with Gasteiger partial charge in [0, 0.05) is 55.4 Å². The predicted octanol–water partition coefficient (Wildman–Crippen LogP) is 1.05. The quantitative estimate of drug-likeness (QED) is 0.549. The largest absolute Gasteiger partial charge is 0.367 e. The first-order valence-electron chi connectivity index (χ1n) is 9.82. The molecule has 0 atom stereocenters. The second-order valence-electron chi connectivity index (χ2n) is 7.97. The van der Waals surface area contributed by atoms with E-state index in [1.54, 1.807) is 27.4 Å². The zero-order valence-electron chi connectivity index (χ0n) is 16.0. The molecule has 0 aromatic carbocycles. The van der Waals surface area contributed by atoms with E-state index in [4.69, 9.17) is 0 Å². The fourth-order valence-electron chi connectivity index (χ4n) is 4.11. The molecule has 9 heteroatoms. The predicted molar refractivity (Wildman–Crippen MR) is 108 cm³/mol. The highest BCUT2D eigenvalue weighted by molar-refractivity contribution is 5.62. The van der Waals surface area contributed by atoms with Crippen LogP contribution in [0.2, 0.25) is 0 Å². The maximum atomic E-state index is 12.9. The minimum Gasteiger partial charge on any atom is -0.367 e. The van der Waals surface area contributed by atoms with Gasteiger partial charge in [0.25, 0.3) is 11.3 Å². The number of nitrogens with zero attached hydrogens (tertiary/aromatic N) is 7. The van der Waals surface area contributed by atoms with Crippen LogP contribution >= 0.6 is 0 Å². The van der Waals surface area contributed by atoms with E-state index in [0.29, 0.717) is 22.9 Å². The Morgan fingerprint density at radius 2 is 2.07 bits per heavy atom. The second-order valence-corrected chi connectivity index (χ2v) is 7.97. The van der Waals surface area contributed by atoms with Crippen LogP contribution in [0.1, 0.15) is 18.7 Å². The fourth-order valence-corrected chi connectivity index (χ4v) is 4.11. The first kappa shape index (κ1) is 16.6. The van der Waals surface area contributed by atoms with Crippen molar-refractivity contribution in [3.63, 3.8) is 0 Å². The van der Waals surface area contributed by atoms with Crippen molar-refractivity contribution in [1.29, 1.82) is 0 Å². The average Bonchev–Trinajstić information content (AvgIpc) is 3.35. The molecule has 29 heavy (non-hydrogen) atoms. The Labute approximate surface area is 166 Å². The summed E-state index contributed by atoms with van der Waals surface area (Å²) in [5.74, 6) is 1.17. The highest BCUT2D eigenvalue weighted by atomic mass is 16.1. The van der Waals surface area contributed by atoms with E-state index in [-0.39, 0.29) is 11.1 Å². The molecule has 1 saturated heterocycles. The maximum absolute atomic E-state index is 12.9. The smallest absolute Gasteiger partial charge is 0.258 e. The van der Waals surface area contributed by atoms with Gasteiger partial charge in [0.2, 0.25) is 0 Å². The van der Waals surface area contributed by atoms with Gasteiger partial charge < -0.3 is 10.2 Å². The van der Waals surface area contributed by atoms with Gasteiger partial charge in [-0.15, -0.1) is 0 Å². The monoisotopic (exact) mass is 388 g/mol. The molecule has 1 saturated carbocycles. The Hall–Kier alpha value is -3.33. The lowest BCUT2D eigenvalue weighted by Gasteiger charge is -2.35. The summed E-state index contributed by atoms with van der Waals surface area (Å²) < 4.78 is 3.22. The highest BCUT2D eigenvalue weighted by Gasteiger charge is 2.45. The van der Waals surface area contributed by atoms with E-state index < -0.39 is 0 Å².